The van der Waals surface area contributed by atoms with Crippen molar-refractivity contribution in [2.75, 3.05) is 11.9 Å². The molecule has 4 heteroatoms. The predicted octanol–water partition coefficient (Wildman–Crippen LogP) is 2.07. The second-order valence-electron chi connectivity index (χ2n) is 4.00. The number of carbonyl (C=O) groups excluding carboxylic acids is 1. The van der Waals surface area contributed by atoms with Gasteiger partial charge in [0, 0.05) is 17.3 Å². The van der Waals surface area contributed by atoms with Crippen LogP contribution in [0.15, 0.2) is 18.2 Å². The molecule has 0 saturated heterocycles. The van der Waals surface area contributed by atoms with Gasteiger partial charge in [0.15, 0.2) is 0 Å². The van der Waals surface area contributed by atoms with Crippen molar-refractivity contribution >= 4 is 11.6 Å². The Bertz CT molecular complexity index is 377. The number of carbonyl (C=O) groups is 1. The number of hydrogen-bond donors (Lipinski definition) is 2. The standard InChI is InChI=1S/C12H17FN2O/c1-8(2)14-7-12(16)15-11-6-4-5-10(13)9(11)3/h4-6,8,14H,7H2,1-3H3,(H,15,16). The van der Waals surface area contributed by atoms with Gasteiger partial charge in [-0.25, -0.2) is 4.39 Å². The second-order valence-corrected chi connectivity index (χ2v) is 4.00. The third-order valence-corrected chi connectivity index (χ3v) is 2.21. The average Bonchev–Trinajstić information content (AvgIpc) is 2.22. The van der Waals surface area contributed by atoms with Gasteiger partial charge in [0.2, 0.25) is 5.91 Å². The summed E-state index contributed by atoms with van der Waals surface area (Å²) < 4.78 is 13.2. The Kier molecular flexibility index (Phi) is 4.43. The van der Waals surface area contributed by atoms with Gasteiger partial charge in [-0.1, -0.05) is 19.9 Å². The van der Waals surface area contributed by atoms with Gasteiger partial charge in [-0.05, 0) is 19.1 Å². The number of hydrogen-bond acceptors (Lipinski definition) is 2. The Balaban J connectivity index is 2.59. The van der Waals surface area contributed by atoms with Crippen LogP contribution in [0.3, 0.4) is 0 Å². The summed E-state index contributed by atoms with van der Waals surface area (Å²) in [6.45, 7) is 5.79. The van der Waals surface area contributed by atoms with Crippen LogP contribution in [-0.2, 0) is 4.79 Å². The van der Waals surface area contributed by atoms with E-state index >= 15 is 0 Å². The monoisotopic (exact) mass is 224 g/mol. The maximum atomic E-state index is 13.2. The predicted molar refractivity (Wildman–Crippen MR) is 62.9 cm³/mol. The fourth-order valence-electron chi connectivity index (χ4n) is 1.23. The van der Waals surface area contributed by atoms with Crippen molar-refractivity contribution in [3.05, 3.63) is 29.6 Å². The quantitative estimate of drug-likeness (QED) is 0.822. The summed E-state index contributed by atoms with van der Waals surface area (Å²) in [5.41, 5.74) is 0.982. The molecule has 0 unspecified atom stereocenters. The van der Waals surface area contributed by atoms with E-state index in [2.05, 4.69) is 10.6 Å². The van der Waals surface area contributed by atoms with Crippen LogP contribution >= 0.6 is 0 Å². The van der Waals surface area contributed by atoms with Gasteiger partial charge in [0.05, 0.1) is 6.54 Å². The molecule has 0 aliphatic heterocycles. The van der Waals surface area contributed by atoms with Crippen molar-refractivity contribution in [1.82, 2.24) is 5.32 Å². The molecule has 0 spiro atoms. The highest BCUT2D eigenvalue weighted by atomic mass is 19.1. The van der Waals surface area contributed by atoms with Gasteiger partial charge >= 0.3 is 0 Å². The van der Waals surface area contributed by atoms with E-state index in [4.69, 9.17) is 0 Å². The highest BCUT2D eigenvalue weighted by Gasteiger charge is 2.07. The van der Waals surface area contributed by atoms with Crippen molar-refractivity contribution < 1.29 is 9.18 Å². The maximum absolute atomic E-state index is 13.2. The van der Waals surface area contributed by atoms with E-state index in [0.29, 0.717) is 11.3 Å². The van der Waals surface area contributed by atoms with Gasteiger partial charge in [-0.15, -0.1) is 0 Å². The molecule has 16 heavy (non-hydrogen) atoms. The Labute approximate surface area is 95.0 Å². The molecule has 0 aliphatic rings. The highest BCUT2D eigenvalue weighted by Crippen LogP contribution is 2.16. The molecular formula is C12H17FN2O. The molecule has 1 aromatic carbocycles. The third-order valence-electron chi connectivity index (χ3n) is 2.21. The number of anilines is 1. The summed E-state index contributed by atoms with van der Waals surface area (Å²) in [5, 5.41) is 5.66. The smallest absolute Gasteiger partial charge is 0.238 e. The summed E-state index contributed by atoms with van der Waals surface area (Å²) in [4.78, 5) is 11.5. The van der Waals surface area contributed by atoms with E-state index in [9.17, 15) is 9.18 Å². The number of nitrogens with one attached hydrogen (secondary N) is 2. The number of rotatable bonds is 4. The van der Waals surface area contributed by atoms with E-state index in [1.807, 2.05) is 13.8 Å². The maximum Gasteiger partial charge on any atom is 0.238 e. The molecule has 0 bridgehead atoms. The van der Waals surface area contributed by atoms with E-state index in [-0.39, 0.29) is 24.3 Å². The number of amides is 1. The third kappa shape index (κ3) is 3.62. The van der Waals surface area contributed by atoms with Crippen LogP contribution in [0.25, 0.3) is 0 Å². The van der Waals surface area contributed by atoms with E-state index < -0.39 is 0 Å². The van der Waals surface area contributed by atoms with Crippen molar-refractivity contribution in [1.29, 1.82) is 0 Å². The lowest BCUT2D eigenvalue weighted by Gasteiger charge is -2.10. The van der Waals surface area contributed by atoms with Crippen LogP contribution in [0.5, 0.6) is 0 Å². The van der Waals surface area contributed by atoms with Crippen LogP contribution < -0.4 is 10.6 Å². The largest absolute Gasteiger partial charge is 0.325 e. The molecule has 0 aromatic heterocycles. The van der Waals surface area contributed by atoms with Gasteiger partial charge < -0.3 is 10.6 Å². The first-order valence-corrected chi connectivity index (χ1v) is 5.29. The van der Waals surface area contributed by atoms with Crippen molar-refractivity contribution in [2.45, 2.75) is 26.8 Å². The first kappa shape index (κ1) is 12.6. The summed E-state index contributed by atoms with van der Waals surface area (Å²) in [6.07, 6.45) is 0. The van der Waals surface area contributed by atoms with E-state index in [1.54, 1.807) is 19.1 Å². The van der Waals surface area contributed by atoms with Crippen molar-refractivity contribution in [2.24, 2.45) is 0 Å². The minimum Gasteiger partial charge on any atom is -0.325 e. The topological polar surface area (TPSA) is 41.1 Å². The fourth-order valence-corrected chi connectivity index (χ4v) is 1.23. The van der Waals surface area contributed by atoms with Crippen molar-refractivity contribution in [3.8, 4) is 0 Å². The van der Waals surface area contributed by atoms with E-state index in [0.717, 1.165) is 0 Å². The van der Waals surface area contributed by atoms with Crippen LogP contribution in [-0.4, -0.2) is 18.5 Å². The number of benzene rings is 1. The van der Waals surface area contributed by atoms with Crippen LogP contribution in [0, 0.1) is 12.7 Å². The highest BCUT2D eigenvalue weighted by molar-refractivity contribution is 5.92. The number of halogens is 1. The fraction of sp³-hybridized carbons (Fsp3) is 0.417. The summed E-state index contributed by atoms with van der Waals surface area (Å²) in [5.74, 6) is -0.475. The van der Waals surface area contributed by atoms with Crippen LogP contribution in [0.2, 0.25) is 0 Å². The molecule has 0 fully saturated rings. The molecule has 0 saturated carbocycles. The van der Waals surface area contributed by atoms with Crippen molar-refractivity contribution in [3.63, 3.8) is 0 Å². The first-order valence-electron chi connectivity index (χ1n) is 5.29. The van der Waals surface area contributed by atoms with Gasteiger partial charge in [-0.3, -0.25) is 4.79 Å². The summed E-state index contributed by atoms with van der Waals surface area (Å²) >= 11 is 0. The Hall–Kier alpha value is -1.42. The SMILES string of the molecule is Cc1c(F)cccc1NC(=O)CNC(C)C. The molecule has 2 N–H and O–H groups in total. The Morgan fingerprint density at radius 2 is 2.12 bits per heavy atom. The average molecular weight is 224 g/mol. The molecule has 0 radical (unpaired) electrons. The minimum absolute atomic E-state index is 0.164. The lowest BCUT2D eigenvalue weighted by atomic mass is 10.2. The van der Waals surface area contributed by atoms with Gasteiger partial charge in [0.25, 0.3) is 0 Å². The molecular weight excluding hydrogens is 207 g/mol. The molecule has 88 valence electrons. The second kappa shape index (κ2) is 5.61. The molecule has 1 rings (SSSR count). The first-order chi connectivity index (χ1) is 7.50. The Morgan fingerprint density at radius 3 is 2.75 bits per heavy atom. The molecule has 0 atom stereocenters. The molecule has 1 amide bonds. The lowest BCUT2D eigenvalue weighted by molar-refractivity contribution is -0.115. The Morgan fingerprint density at radius 1 is 1.44 bits per heavy atom. The zero-order valence-electron chi connectivity index (χ0n) is 9.80. The summed E-state index contributed by atoms with van der Waals surface area (Å²) in [6, 6.07) is 4.89. The van der Waals surface area contributed by atoms with Gasteiger partial charge in [0.1, 0.15) is 5.82 Å². The molecule has 0 heterocycles. The molecule has 3 nitrogen and oxygen atoms in total. The minimum atomic E-state index is -0.311. The molecule has 1 aromatic rings. The zero-order valence-corrected chi connectivity index (χ0v) is 9.80. The van der Waals surface area contributed by atoms with Gasteiger partial charge in [-0.2, -0.15) is 0 Å². The summed E-state index contributed by atoms with van der Waals surface area (Å²) in [7, 11) is 0. The van der Waals surface area contributed by atoms with Crippen LogP contribution in [0.1, 0.15) is 19.4 Å². The van der Waals surface area contributed by atoms with Crippen LogP contribution in [0.4, 0.5) is 10.1 Å². The zero-order chi connectivity index (χ0) is 12.1. The normalized spacial score (nSPS) is 10.6. The van der Waals surface area contributed by atoms with E-state index in [1.165, 1.54) is 6.07 Å². The lowest BCUT2D eigenvalue weighted by Crippen LogP contribution is -2.32. The molecule has 0 aliphatic carbocycles.